The largest absolute Gasteiger partial charge is 0.481 e. The predicted octanol–water partition coefficient (Wildman–Crippen LogP) is 3.05. The number of rotatable bonds is 5. The number of nitrogens with zero attached hydrogens (tertiary/aromatic N) is 4. The summed E-state index contributed by atoms with van der Waals surface area (Å²) in [6.45, 7) is 2.51. The lowest BCUT2D eigenvalue weighted by molar-refractivity contribution is 0.396. The van der Waals surface area contributed by atoms with Crippen molar-refractivity contribution >= 4 is 28.7 Å². The van der Waals surface area contributed by atoms with Crippen molar-refractivity contribution in [2.24, 2.45) is 26.6 Å². The molecule has 2 unspecified atom stereocenters. The Balaban J connectivity index is 1.76. The van der Waals surface area contributed by atoms with Crippen molar-refractivity contribution in [3.8, 4) is 5.88 Å². The van der Waals surface area contributed by atoms with Crippen LogP contribution in [0.4, 0.5) is 0 Å². The monoisotopic (exact) mass is 369 g/mol. The lowest BCUT2D eigenvalue weighted by atomic mass is 9.84. The molecule has 26 heavy (non-hydrogen) atoms. The molecule has 0 spiro atoms. The Morgan fingerprint density at radius 1 is 1.38 bits per heavy atom. The summed E-state index contributed by atoms with van der Waals surface area (Å²) in [6.07, 6.45) is 8.76. The maximum absolute atomic E-state index is 6.05. The van der Waals surface area contributed by atoms with Gasteiger partial charge in [-0.3, -0.25) is 15.0 Å². The molecule has 134 valence electrons. The number of halogens is 1. The molecule has 2 atom stereocenters. The third-order valence-electron chi connectivity index (χ3n) is 4.26. The number of hydrogen-bond acceptors (Lipinski definition) is 6. The second-order valence-electron chi connectivity index (χ2n) is 5.92. The molecule has 2 aliphatic heterocycles. The predicted molar refractivity (Wildman–Crippen MR) is 106 cm³/mol. The van der Waals surface area contributed by atoms with Gasteiger partial charge in [-0.15, -0.1) is 0 Å². The van der Waals surface area contributed by atoms with Gasteiger partial charge in [0.1, 0.15) is 11.2 Å². The molecule has 0 radical (unpaired) electrons. The minimum atomic E-state index is -0.101. The van der Waals surface area contributed by atoms with E-state index in [2.05, 4.69) is 26.9 Å². The summed E-state index contributed by atoms with van der Waals surface area (Å²) in [5.41, 5.74) is 9.34. The van der Waals surface area contributed by atoms with E-state index in [1.807, 2.05) is 24.4 Å². The van der Waals surface area contributed by atoms with E-state index in [0.29, 0.717) is 17.6 Å². The first-order chi connectivity index (χ1) is 12.6. The third kappa shape index (κ3) is 3.91. The zero-order chi connectivity index (χ0) is 18.5. The molecule has 0 aromatic carbocycles. The highest BCUT2D eigenvalue weighted by Crippen LogP contribution is 2.30. The van der Waals surface area contributed by atoms with Gasteiger partial charge < -0.3 is 10.5 Å². The van der Waals surface area contributed by atoms with Crippen LogP contribution in [0.25, 0.3) is 0 Å². The van der Waals surface area contributed by atoms with Crippen LogP contribution in [0.3, 0.4) is 0 Å². The number of hydrogen-bond donors (Lipinski definition) is 1. The first kappa shape index (κ1) is 18.1. The molecular formula is C19H20ClN5O. The molecule has 0 saturated carbocycles. The van der Waals surface area contributed by atoms with Gasteiger partial charge in [-0.2, -0.15) is 0 Å². The molecule has 0 amide bonds. The molecule has 2 N–H and O–H groups in total. The highest BCUT2D eigenvalue weighted by Gasteiger charge is 2.30. The van der Waals surface area contributed by atoms with Crippen LogP contribution in [-0.2, 0) is 6.54 Å². The Hall–Kier alpha value is -2.73. The van der Waals surface area contributed by atoms with Crippen molar-refractivity contribution < 1.29 is 4.74 Å². The van der Waals surface area contributed by atoms with Gasteiger partial charge in [0.05, 0.1) is 25.1 Å². The Kier molecular flexibility index (Phi) is 5.63. The van der Waals surface area contributed by atoms with Gasteiger partial charge in [0.2, 0.25) is 5.88 Å². The number of nitrogens with two attached hydrogens (primary N) is 1. The Morgan fingerprint density at radius 3 is 3.00 bits per heavy atom. The van der Waals surface area contributed by atoms with Crippen LogP contribution in [-0.4, -0.2) is 35.2 Å². The van der Waals surface area contributed by atoms with Crippen LogP contribution in [0.2, 0.25) is 0 Å². The van der Waals surface area contributed by atoms with Gasteiger partial charge >= 0.3 is 0 Å². The second-order valence-corrected chi connectivity index (χ2v) is 6.31. The van der Waals surface area contributed by atoms with E-state index in [4.69, 9.17) is 22.1 Å². The SMILES string of the molecule is COc1cccc(CN=CC(=CN)C2=CN=C3C=CC(Cl)=NC3C2C)n1. The van der Waals surface area contributed by atoms with Crippen LogP contribution in [0, 0.1) is 5.92 Å². The maximum atomic E-state index is 6.05. The summed E-state index contributed by atoms with van der Waals surface area (Å²) in [5.74, 6) is 0.662. The molecule has 7 heteroatoms. The molecule has 6 nitrogen and oxygen atoms in total. The van der Waals surface area contributed by atoms with E-state index >= 15 is 0 Å². The fourth-order valence-corrected chi connectivity index (χ4v) is 3.03. The molecule has 0 bridgehead atoms. The van der Waals surface area contributed by atoms with Crippen molar-refractivity contribution in [3.63, 3.8) is 0 Å². The van der Waals surface area contributed by atoms with Crippen LogP contribution in [0.15, 0.2) is 68.9 Å². The van der Waals surface area contributed by atoms with E-state index in [1.54, 1.807) is 25.5 Å². The minimum absolute atomic E-state index is 0.0948. The van der Waals surface area contributed by atoms with Crippen LogP contribution in [0.5, 0.6) is 5.88 Å². The molecule has 0 aliphatic carbocycles. The number of dihydropyridines is 1. The zero-order valence-corrected chi connectivity index (χ0v) is 15.4. The molecule has 3 heterocycles. The average molecular weight is 370 g/mol. The van der Waals surface area contributed by atoms with Gasteiger partial charge in [-0.1, -0.05) is 24.6 Å². The molecule has 1 aromatic heterocycles. The molecule has 1 aromatic rings. The number of ether oxygens (including phenoxy) is 1. The quantitative estimate of drug-likeness (QED) is 0.809. The number of pyridine rings is 1. The minimum Gasteiger partial charge on any atom is -0.481 e. The van der Waals surface area contributed by atoms with Gasteiger partial charge in [-0.05, 0) is 23.8 Å². The first-order valence-corrected chi connectivity index (χ1v) is 8.61. The van der Waals surface area contributed by atoms with E-state index in [0.717, 1.165) is 22.6 Å². The van der Waals surface area contributed by atoms with Crippen LogP contribution >= 0.6 is 11.6 Å². The Bertz CT molecular complexity index is 866. The van der Waals surface area contributed by atoms with Crippen LogP contribution in [0.1, 0.15) is 12.6 Å². The van der Waals surface area contributed by atoms with E-state index in [-0.39, 0.29) is 12.0 Å². The standard InChI is InChI=1S/C19H20ClN5O/c1-12-15(11-23-16-6-7-17(20)25-19(12)16)13(8-21)9-22-10-14-4-3-5-18(24-14)26-2/h3-9,11-12,19H,10,21H2,1-2H3. The fourth-order valence-electron chi connectivity index (χ4n) is 2.86. The van der Waals surface area contributed by atoms with Gasteiger partial charge in [0.15, 0.2) is 0 Å². The number of allylic oxidation sites excluding steroid dienone is 2. The van der Waals surface area contributed by atoms with Crippen molar-refractivity contribution in [1.82, 2.24) is 4.98 Å². The topological polar surface area (TPSA) is 85.2 Å². The van der Waals surface area contributed by atoms with Crippen molar-refractivity contribution in [2.75, 3.05) is 7.11 Å². The van der Waals surface area contributed by atoms with Gasteiger partial charge in [0, 0.05) is 36.2 Å². The normalized spacial score (nSPS) is 22.6. The summed E-state index contributed by atoms with van der Waals surface area (Å²) in [5, 5.41) is 0.484. The zero-order valence-electron chi connectivity index (χ0n) is 14.6. The summed E-state index contributed by atoms with van der Waals surface area (Å²) >= 11 is 6.05. The number of aromatic nitrogens is 1. The van der Waals surface area contributed by atoms with Crippen molar-refractivity contribution in [1.29, 1.82) is 0 Å². The molecule has 2 aliphatic rings. The summed E-state index contributed by atoms with van der Waals surface area (Å²) in [6, 6.07) is 5.48. The first-order valence-electron chi connectivity index (χ1n) is 8.23. The maximum Gasteiger partial charge on any atom is 0.213 e. The summed E-state index contributed by atoms with van der Waals surface area (Å²) < 4.78 is 5.12. The molecular weight excluding hydrogens is 350 g/mol. The van der Waals surface area contributed by atoms with E-state index < -0.39 is 0 Å². The lowest BCUT2D eigenvalue weighted by Crippen LogP contribution is -2.32. The number of methoxy groups -OCH3 is 1. The lowest BCUT2D eigenvalue weighted by Gasteiger charge is -2.28. The summed E-state index contributed by atoms with van der Waals surface area (Å²) in [7, 11) is 1.59. The molecule has 3 rings (SSSR count). The van der Waals surface area contributed by atoms with E-state index in [1.165, 1.54) is 6.20 Å². The molecule has 0 saturated heterocycles. The average Bonchev–Trinajstić information content (AvgIpc) is 2.67. The van der Waals surface area contributed by atoms with Gasteiger partial charge in [0.25, 0.3) is 0 Å². The molecule has 0 fully saturated rings. The van der Waals surface area contributed by atoms with E-state index in [9.17, 15) is 0 Å². The van der Waals surface area contributed by atoms with Gasteiger partial charge in [-0.25, -0.2) is 4.98 Å². The Morgan fingerprint density at radius 2 is 2.23 bits per heavy atom. The number of fused-ring (bicyclic) bond motifs is 1. The highest BCUT2D eigenvalue weighted by atomic mass is 35.5. The van der Waals surface area contributed by atoms with Crippen molar-refractivity contribution in [3.05, 3.63) is 59.6 Å². The third-order valence-corrected chi connectivity index (χ3v) is 4.48. The number of aliphatic imine (C=N–C) groups is 3. The fraction of sp³-hybridized carbons (Fsp3) is 0.263. The highest BCUT2D eigenvalue weighted by molar-refractivity contribution is 6.69. The van der Waals surface area contributed by atoms with Crippen LogP contribution < -0.4 is 10.5 Å². The smallest absolute Gasteiger partial charge is 0.213 e. The Labute approximate surface area is 157 Å². The second kappa shape index (κ2) is 8.10. The van der Waals surface area contributed by atoms with Crippen molar-refractivity contribution in [2.45, 2.75) is 19.5 Å². The summed E-state index contributed by atoms with van der Waals surface area (Å²) in [4.78, 5) is 17.8.